The highest BCUT2D eigenvalue weighted by atomic mass is 16.2. The highest BCUT2D eigenvalue weighted by Crippen LogP contribution is 2.20. The molecule has 1 amide bonds. The van der Waals surface area contributed by atoms with Gasteiger partial charge in [-0.25, -0.2) is 0 Å². The van der Waals surface area contributed by atoms with Crippen LogP contribution in [0.15, 0.2) is 79.1 Å². The second kappa shape index (κ2) is 6.88. The van der Waals surface area contributed by atoms with Crippen LogP contribution in [0.25, 0.3) is 0 Å². The minimum Gasteiger partial charge on any atom is -0.304 e. The summed E-state index contributed by atoms with van der Waals surface area (Å²) < 4.78 is 0. The number of aromatic nitrogens is 1. The second-order valence-corrected chi connectivity index (χ2v) is 5.45. The Kier molecular flexibility index (Phi) is 4.48. The number of amides is 1. The fraction of sp³-hybridized carbons (Fsp3) is 0.100. The SMILES string of the molecule is Cc1ccc(N(Cc2ccccc2)C(=O)c2cccnc2)cc1. The molecular formula is C20H18N2O. The number of aryl methyl sites for hydroxylation is 1. The molecule has 0 atom stereocenters. The molecule has 0 N–H and O–H groups in total. The molecule has 1 heterocycles. The summed E-state index contributed by atoms with van der Waals surface area (Å²) in [5.74, 6) is -0.0502. The zero-order chi connectivity index (χ0) is 16.1. The molecule has 0 aliphatic heterocycles. The predicted octanol–water partition coefficient (Wildman–Crippen LogP) is 4.24. The molecule has 0 aliphatic rings. The molecule has 3 heteroatoms. The normalized spacial score (nSPS) is 10.3. The Balaban J connectivity index is 1.96. The molecule has 0 saturated heterocycles. The average molecular weight is 302 g/mol. The van der Waals surface area contributed by atoms with Gasteiger partial charge in [-0.3, -0.25) is 9.78 Å². The third-order valence-corrected chi connectivity index (χ3v) is 3.68. The number of pyridine rings is 1. The highest BCUT2D eigenvalue weighted by molar-refractivity contribution is 6.05. The molecule has 0 fully saturated rings. The molecule has 0 spiro atoms. The van der Waals surface area contributed by atoms with Crippen molar-refractivity contribution in [3.8, 4) is 0 Å². The first kappa shape index (κ1) is 15.0. The molecular weight excluding hydrogens is 284 g/mol. The number of benzene rings is 2. The zero-order valence-corrected chi connectivity index (χ0v) is 13.0. The first-order valence-electron chi connectivity index (χ1n) is 7.56. The van der Waals surface area contributed by atoms with Gasteiger partial charge in [0.05, 0.1) is 12.1 Å². The van der Waals surface area contributed by atoms with E-state index in [1.807, 2.05) is 61.5 Å². The molecule has 0 radical (unpaired) electrons. The van der Waals surface area contributed by atoms with Crippen molar-refractivity contribution in [1.82, 2.24) is 4.98 Å². The van der Waals surface area contributed by atoms with Crippen LogP contribution in [0.3, 0.4) is 0 Å². The van der Waals surface area contributed by atoms with Crippen LogP contribution in [0.2, 0.25) is 0 Å². The third kappa shape index (κ3) is 3.64. The molecule has 23 heavy (non-hydrogen) atoms. The van der Waals surface area contributed by atoms with E-state index in [4.69, 9.17) is 0 Å². The van der Waals surface area contributed by atoms with E-state index in [2.05, 4.69) is 4.98 Å². The van der Waals surface area contributed by atoms with Crippen LogP contribution in [-0.2, 0) is 6.54 Å². The largest absolute Gasteiger partial charge is 0.304 e. The Morgan fingerprint density at radius 2 is 1.70 bits per heavy atom. The Morgan fingerprint density at radius 1 is 0.957 bits per heavy atom. The molecule has 0 aliphatic carbocycles. The second-order valence-electron chi connectivity index (χ2n) is 5.45. The van der Waals surface area contributed by atoms with Gasteiger partial charge in [0.15, 0.2) is 0 Å². The van der Waals surface area contributed by atoms with Gasteiger partial charge in [-0.2, -0.15) is 0 Å². The van der Waals surface area contributed by atoms with E-state index in [1.165, 1.54) is 5.56 Å². The van der Waals surface area contributed by atoms with E-state index in [0.29, 0.717) is 12.1 Å². The molecule has 0 unspecified atom stereocenters. The number of rotatable bonds is 4. The van der Waals surface area contributed by atoms with E-state index >= 15 is 0 Å². The number of hydrogen-bond donors (Lipinski definition) is 0. The third-order valence-electron chi connectivity index (χ3n) is 3.68. The van der Waals surface area contributed by atoms with Crippen molar-refractivity contribution in [2.75, 3.05) is 4.90 Å². The van der Waals surface area contributed by atoms with E-state index in [1.54, 1.807) is 29.4 Å². The summed E-state index contributed by atoms with van der Waals surface area (Å²) in [7, 11) is 0. The average Bonchev–Trinajstić information content (AvgIpc) is 2.62. The summed E-state index contributed by atoms with van der Waals surface area (Å²) in [6.45, 7) is 2.56. The minimum atomic E-state index is -0.0502. The van der Waals surface area contributed by atoms with Crippen molar-refractivity contribution in [3.63, 3.8) is 0 Å². The van der Waals surface area contributed by atoms with Gasteiger partial charge in [-0.05, 0) is 36.8 Å². The Labute approximate surface area is 136 Å². The Morgan fingerprint density at radius 3 is 2.35 bits per heavy atom. The number of carbonyl (C=O) groups is 1. The van der Waals surface area contributed by atoms with Crippen molar-refractivity contribution in [1.29, 1.82) is 0 Å². The highest BCUT2D eigenvalue weighted by Gasteiger charge is 2.18. The zero-order valence-electron chi connectivity index (χ0n) is 13.0. The Hall–Kier alpha value is -2.94. The van der Waals surface area contributed by atoms with Crippen molar-refractivity contribution in [3.05, 3.63) is 95.8 Å². The smallest absolute Gasteiger partial charge is 0.260 e. The molecule has 0 bridgehead atoms. The topological polar surface area (TPSA) is 33.2 Å². The van der Waals surface area contributed by atoms with Gasteiger partial charge < -0.3 is 4.90 Å². The lowest BCUT2D eigenvalue weighted by Crippen LogP contribution is -2.30. The van der Waals surface area contributed by atoms with Crippen LogP contribution in [0, 0.1) is 6.92 Å². The van der Waals surface area contributed by atoms with E-state index < -0.39 is 0 Å². The number of hydrogen-bond acceptors (Lipinski definition) is 2. The lowest BCUT2D eigenvalue weighted by Gasteiger charge is -2.23. The molecule has 3 rings (SSSR count). The van der Waals surface area contributed by atoms with Gasteiger partial charge >= 0.3 is 0 Å². The molecule has 2 aromatic carbocycles. The van der Waals surface area contributed by atoms with Crippen molar-refractivity contribution >= 4 is 11.6 Å². The molecule has 3 aromatic rings. The molecule has 114 valence electrons. The van der Waals surface area contributed by atoms with Gasteiger partial charge in [-0.15, -0.1) is 0 Å². The van der Waals surface area contributed by atoms with Crippen LogP contribution in [0.4, 0.5) is 5.69 Å². The van der Waals surface area contributed by atoms with Crippen LogP contribution in [-0.4, -0.2) is 10.9 Å². The van der Waals surface area contributed by atoms with Crippen molar-refractivity contribution in [2.24, 2.45) is 0 Å². The van der Waals surface area contributed by atoms with Gasteiger partial charge in [0.25, 0.3) is 5.91 Å². The summed E-state index contributed by atoms with van der Waals surface area (Å²) in [6, 6.07) is 21.6. The summed E-state index contributed by atoms with van der Waals surface area (Å²) in [4.78, 5) is 18.8. The first-order valence-corrected chi connectivity index (χ1v) is 7.56. The monoisotopic (exact) mass is 302 g/mol. The maximum absolute atomic E-state index is 12.9. The maximum atomic E-state index is 12.9. The van der Waals surface area contributed by atoms with E-state index in [9.17, 15) is 4.79 Å². The summed E-state index contributed by atoms with van der Waals surface area (Å²) in [5.41, 5.74) is 3.73. The van der Waals surface area contributed by atoms with E-state index in [-0.39, 0.29) is 5.91 Å². The van der Waals surface area contributed by atoms with E-state index in [0.717, 1.165) is 11.3 Å². The fourth-order valence-corrected chi connectivity index (χ4v) is 2.42. The maximum Gasteiger partial charge on any atom is 0.260 e. The lowest BCUT2D eigenvalue weighted by molar-refractivity contribution is 0.0985. The first-order chi connectivity index (χ1) is 11.2. The van der Waals surface area contributed by atoms with Gasteiger partial charge in [-0.1, -0.05) is 48.0 Å². The minimum absolute atomic E-state index is 0.0502. The van der Waals surface area contributed by atoms with Gasteiger partial charge in [0.1, 0.15) is 0 Å². The summed E-state index contributed by atoms with van der Waals surface area (Å²) in [6.07, 6.45) is 3.28. The number of anilines is 1. The van der Waals surface area contributed by atoms with Crippen LogP contribution in [0.5, 0.6) is 0 Å². The van der Waals surface area contributed by atoms with Crippen molar-refractivity contribution < 1.29 is 4.79 Å². The lowest BCUT2D eigenvalue weighted by atomic mass is 10.1. The Bertz CT molecular complexity index is 768. The molecule has 0 saturated carbocycles. The number of nitrogens with zero attached hydrogens (tertiary/aromatic N) is 2. The van der Waals surface area contributed by atoms with Crippen molar-refractivity contribution in [2.45, 2.75) is 13.5 Å². The number of carbonyl (C=O) groups excluding carboxylic acids is 1. The molecule has 3 nitrogen and oxygen atoms in total. The van der Waals surface area contributed by atoms with Crippen LogP contribution in [0.1, 0.15) is 21.5 Å². The quantitative estimate of drug-likeness (QED) is 0.722. The standard InChI is InChI=1S/C20H18N2O/c1-16-9-11-19(12-10-16)22(15-17-6-3-2-4-7-17)20(23)18-8-5-13-21-14-18/h2-14H,15H2,1H3. The van der Waals surface area contributed by atoms with Crippen LogP contribution < -0.4 is 4.90 Å². The summed E-state index contributed by atoms with van der Waals surface area (Å²) in [5, 5.41) is 0. The van der Waals surface area contributed by atoms with Gasteiger partial charge in [0, 0.05) is 18.1 Å². The van der Waals surface area contributed by atoms with Crippen LogP contribution >= 0.6 is 0 Å². The summed E-state index contributed by atoms with van der Waals surface area (Å²) >= 11 is 0. The van der Waals surface area contributed by atoms with Gasteiger partial charge in [0.2, 0.25) is 0 Å². The fourth-order valence-electron chi connectivity index (χ4n) is 2.42. The predicted molar refractivity (Wildman–Crippen MR) is 92.4 cm³/mol. The molecule has 1 aromatic heterocycles.